The molecule has 1 saturated carbocycles. The summed E-state index contributed by atoms with van der Waals surface area (Å²) in [6.45, 7) is 3.84. The van der Waals surface area contributed by atoms with Gasteiger partial charge in [0.2, 0.25) is 5.91 Å². The van der Waals surface area contributed by atoms with Crippen LogP contribution in [-0.4, -0.2) is 48.3 Å². The molecule has 1 amide bonds. The van der Waals surface area contributed by atoms with E-state index in [-0.39, 0.29) is 18.1 Å². The van der Waals surface area contributed by atoms with Gasteiger partial charge in [-0.15, -0.1) is 0 Å². The Kier molecular flexibility index (Phi) is 4.95. The van der Waals surface area contributed by atoms with Crippen molar-refractivity contribution in [3.8, 4) is 5.75 Å². The molecule has 1 saturated heterocycles. The second-order valence-electron chi connectivity index (χ2n) is 7.69. The van der Waals surface area contributed by atoms with E-state index in [4.69, 9.17) is 4.74 Å². The molecule has 3 aliphatic rings. The average Bonchev–Trinajstić information content (AvgIpc) is 3.25. The van der Waals surface area contributed by atoms with Crippen LogP contribution in [0.5, 0.6) is 5.75 Å². The normalized spacial score (nSPS) is 26.6. The van der Waals surface area contributed by atoms with Crippen molar-refractivity contribution in [1.29, 1.82) is 0 Å². The van der Waals surface area contributed by atoms with Gasteiger partial charge in [-0.3, -0.25) is 4.79 Å². The van der Waals surface area contributed by atoms with E-state index in [1.165, 1.54) is 18.4 Å². The molecule has 25 heavy (non-hydrogen) atoms. The Bertz CT molecular complexity index is 621. The first-order chi connectivity index (χ1) is 12.2. The number of rotatable bonds is 6. The van der Waals surface area contributed by atoms with Gasteiger partial charge in [-0.25, -0.2) is 0 Å². The highest BCUT2D eigenvalue weighted by molar-refractivity contribution is 5.76. The molecule has 0 radical (unpaired) electrons. The largest absolute Gasteiger partial charge is 0.493 e. The van der Waals surface area contributed by atoms with Crippen molar-refractivity contribution in [2.24, 2.45) is 5.92 Å². The number of hydrogen-bond donors (Lipinski definition) is 2. The van der Waals surface area contributed by atoms with Crippen molar-refractivity contribution in [3.05, 3.63) is 29.3 Å². The van der Waals surface area contributed by atoms with Crippen LogP contribution in [0.2, 0.25) is 0 Å². The molecule has 0 spiro atoms. The summed E-state index contributed by atoms with van der Waals surface area (Å²) in [4.78, 5) is 14.9. The first-order valence-electron chi connectivity index (χ1n) is 9.64. The van der Waals surface area contributed by atoms with Crippen LogP contribution in [0, 0.1) is 5.92 Å². The van der Waals surface area contributed by atoms with E-state index in [0.29, 0.717) is 12.3 Å². The van der Waals surface area contributed by atoms with Crippen LogP contribution in [0.15, 0.2) is 18.2 Å². The number of benzene rings is 1. The monoisotopic (exact) mass is 344 g/mol. The van der Waals surface area contributed by atoms with Crippen LogP contribution < -0.4 is 10.1 Å². The Hall–Kier alpha value is -1.59. The number of likely N-dealkylation sites (tertiary alicyclic amines) is 1. The number of aliphatic hydroxyl groups is 1. The van der Waals surface area contributed by atoms with Crippen molar-refractivity contribution in [2.75, 3.05) is 26.2 Å². The highest BCUT2D eigenvalue weighted by atomic mass is 16.5. The predicted molar refractivity (Wildman–Crippen MR) is 95.5 cm³/mol. The summed E-state index contributed by atoms with van der Waals surface area (Å²) in [6.07, 6.45) is 5.32. The summed E-state index contributed by atoms with van der Waals surface area (Å²) >= 11 is 0. The van der Waals surface area contributed by atoms with E-state index >= 15 is 0 Å². The number of amides is 1. The summed E-state index contributed by atoms with van der Waals surface area (Å²) in [5.74, 6) is 1.41. The third kappa shape index (κ3) is 3.82. The zero-order valence-corrected chi connectivity index (χ0v) is 14.7. The molecule has 0 aromatic heterocycles. The number of ether oxygens (including phenoxy) is 1. The molecule has 1 aromatic carbocycles. The van der Waals surface area contributed by atoms with Crippen LogP contribution in [0.1, 0.15) is 49.3 Å². The second-order valence-corrected chi connectivity index (χ2v) is 7.69. The summed E-state index contributed by atoms with van der Waals surface area (Å²) in [5.41, 5.74) is 2.38. The summed E-state index contributed by atoms with van der Waals surface area (Å²) in [7, 11) is 0. The molecule has 5 nitrogen and oxygen atoms in total. The third-order valence-electron chi connectivity index (χ3n) is 5.86. The fraction of sp³-hybridized carbons (Fsp3) is 0.650. The minimum Gasteiger partial charge on any atom is -0.493 e. The lowest BCUT2D eigenvalue weighted by atomic mass is 9.75. The van der Waals surface area contributed by atoms with Crippen LogP contribution in [0.25, 0.3) is 0 Å². The molecular weight excluding hydrogens is 316 g/mol. The van der Waals surface area contributed by atoms with Crippen molar-refractivity contribution in [3.63, 3.8) is 0 Å². The van der Waals surface area contributed by atoms with Gasteiger partial charge in [0.05, 0.1) is 18.8 Å². The van der Waals surface area contributed by atoms with Crippen molar-refractivity contribution >= 4 is 5.91 Å². The Labute approximate surface area is 149 Å². The fourth-order valence-corrected chi connectivity index (χ4v) is 4.29. The van der Waals surface area contributed by atoms with E-state index in [9.17, 15) is 9.90 Å². The van der Waals surface area contributed by atoms with Gasteiger partial charge in [-0.2, -0.15) is 0 Å². The Morgan fingerprint density at radius 1 is 1.32 bits per heavy atom. The molecule has 1 aromatic rings. The van der Waals surface area contributed by atoms with Gasteiger partial charge in [0.15, 0.2) is 0 Å². The van der Waals surface area contributed by atoms with Crippen LogP contribution in [0.4, 0.5) is 0 Å². The zero-order valence-electron chi connectivity index (χ0n) is 14.7. The molecule has 2 N–H and O–H groups in total. The number of hydrogen-bond acceptors (Lipinski definition) is 4. The summed E-state index contributed by atoms with van der Waals surface area (Å²) in [6, 6.07) is 6.27. The molecule has 0 bridgehead atoms. The summed E-state index contributed by atoms with van der Waals surface area (Å²) < 4.78 is 5.59. The first-order valence-corrected chi connectivity index (χ1v) is 9.64. The standard InChI is InChI=1S/C20H28N2O3/c23-17-12-16(13-17)20(15-3-4-18-14(11-15)6-10-25-18)21-19(24)5-9-22-7-1-2-8-22/h3-4,11,16-17,20,23H,1-2,5-10,12-13H2,(H,21,24)/t16?,17?,20-/m1/s1. The highest BCUT2D eigenvalue weighted by Crippen LogP contribution is 2.39. The smallest absolute Gasteiger partial charge is 0.221 e. The van der Waals surface area contributed by atoms with Gasteiger partial charge in [-0.05, 0) is 68.0 Å². The SMILES string of the molecule is O=C(CCN1CCCC1)N[C@H](c1ccc2c(c1)CCO2)C1CC(O)C1. The topological polar surface area (TPSA) is 61.8 Å². The van der Waals surface area contributed by atoms with Gasteiger partial charge >= 0.3 is 0 Å². The lowest BCUT2D eigenvalue weighted by Crippen LogP contribution is -2.42. The van der Waals surface area contributed by atoms with Crippen LogP contribution in [0.3, 0.4) is 0 Å². The number of nitrogens with zero attached hydrogens (tertiary/aromatic N) is 1. The van der Waals surface area contributed by atoms with Gasteiger partial charge in [0.25, 0.3) is 0 Å². The maximum atomic E-state index is 12.5. The van der Waals surface area contributed by atoms with Gasteiger partial charge < -0.3 is 20.1 Å². The van der Waals surface area contributed by atoms with Gasteiger partial charge in [0.1, 0.15) is 5.75 Å². The lowest BCUT2D eigenvalue weighted by Gasteiger charge is -2.38. The highest BCUT2D eigenvalue weighted by Gasteiger charge is 2.36. The van der Waals surface area contributed by atoms with E-state index in [1.54, 1.807) is 0 Å². The molecule has 1 atom stereocenters. The third-order valence-corrected chi connectivity index (χ3v) is 5.86. The molecular formula is C20H28N2O3. The average molecular weight is 344 g/mol. The predicted octanol–water partition coefficient (Wildman–Crippen LogP) is 2.04. The fourth-order valence-electron chi connectivity index (χ4n) is 4.29. The molecule has 136 valence electrons. The lowest BCUT2D eigenvalue weighted by molar-refractivity contribution is -0.123. The van der Waals surface area contributed by atoms with Crippen molar-refractivity contribution in [2.45, 2.75) is 50.7 Å². The van der Waals surface area contributed by atoms with Crippen LogP contribution in [-0.2, 0) is 11.2 Å². The van der Waals surface area contributed by atoms with E-state index in [0.717, 1.165) is 56.8 Å². The number of aliphatic hydroxyl groups excluding tert-OH is 1. The molecule has 5 heteroatoms. The zero-order chi connectivity index (χ0) is 17.2. The van der Waals surface area contributed by atoms with Crippen molar-refractivity contribution in [1.82, 2.24) is 10.2 Å². The maximum absolute atomic E-state index is 12.5. The Morgan fingerprint density at radius 3 is 2.88 bits per heavy atom. The van der Waals surface area contributed by atoms with E-state index < -0.39 is 0 Å². The first kappa shape index (κ1) is 16.9. The summed E-state index contributed by atoms with van der Waals surface area (Å²) in [5, 5.41) is 13.0. The number of carbonyl (C=O) groups excluding carboxylic acids is 1. The maximum Gasteiger partial charge on any atom is 0.221 e. The van der Waals surface area contributed by atoms with Crippen LogP contribution >= 0.6 is 0 Å². The number of carbonyl (C=O) groups is 1. The second kappa shape index (κ2) is 7.34. The Morgan fingerprint density at radius 2 is 2.12 bits per heavy atom. The van der Waals surface area contributed by atoms with Gasteiger partial charge in [-0.1, -0.05) is 6.07 Å². The van der Waals surface area contributed by atoms with Crippen molar-refractivity contribution < 1.29 is 14.6 Å². The molecule has 2 aliphatic heterocycles. The van der Waals surface area contributed by atoms with E-state index in [1.807, 2.05) is 6.07 Å². The molecule has 2 heterocycles. The molecule has 2 fully saturated rings. The minimum absolute atomic E-state index is 0.000350. The van der Waals surface area contributed by atoms with Gasteiger partial charge in [0, 0.05) is 19.4 Å². The Balaban J connectivity index is 1.42. The van der Waals surface area contributed by atoms with E-state index in [2.05, 4.69) is 22.3 Å². The molecule has 0 unspecified atom stereocenters. The minimum atomic E-state index is -0.216. The molecule has 4 rings (SSSR count). The molecule has 1 aliphatic carbocycles. The number of fused-ring (bicyclic) bond motifs is 1. The number of nitrogens with one attached hydrogen (secondary N) is 1. The quantitative estimate of drug-likeness (QED) is 0.829.